The van der Waals surface area contributed by atoms with Gasteiger partial charge in [0, 0.05) is 13.1 Å². The average Bonchev–Trinajstić information content (AvgIpc) is 2.79. The predicted molar refractivity (Wildman–Crippen MR) is 84.5 cm³/mol. The summed E-state index contributed by atoms with van der Waals surface area (Å²) in [5, 5.41) is 7.38. The molecule has 21 heavy (non-hydrogen) atoms. The minimum Gasteiger partial charge on any atom is -0.380 e. The molecule has 1 fully saturated rings. The van der Waals surface area contributed by atoms with Crippen LogP contribution in [0.4, 0.5) is 5.69 Å². The number of ether oxygens (including phenoxy) is 2. The summed E-state index contributed by atoms with van der Waals surface area (Å²) in [7, 11) is 0. The lowest BCUT2D eigenvalue weighted by Gasteiger charge is -2.17. The summed E-state index contributed by atoms with van der Waals surface area (Å²) in [4.78, 5) is 12.2. The maximum Gasteiger partial charge on any atom is 0.283 e. The van der Waals surface area contributed by atoms with Crippen LogP contribution in [0.3, 0.4) is 0 Å². The van der Waals surface area contributed by atoms with E-state index in [1.165, 1.54) is 4.68 Å². The van der Waals surface area contributed by atoms with Crippen molar-refractivity contribution in [3.8, 4) is 0 Å². The number of halogens is 1. The lowest BCUT2D eigenvalue weighted by atomic mass is 10.3. The van der Waals surface area contributed by atoms with Gasteiger partial charge in [0.1, 0.15) is 10.6 Å². The van der Waals surface area contributed by atoms with Gasteiger partial charge < -0.3 is 14.8 Å². The normalized spacial score (nSPS) is 20.7. The van der Waals surface area contributed by atoms with Gasteiger partial charge in [-0.1, -0.05) is 13.3 Å². The molecule has 1 unspecified atom stereocenters. The van der Waals surface area contributed by atoms with Crippen LogP contribution in [0, 0.1) is 0 Å². The monoisotopic (exact) mass is 359 g/mol. The lowest BCUT2D eigenvalue weighted by Crippen LogP contribution is -2.28. The first-order chi connectivity index (χ1) is 9.93. The molecule has 2 rings (SSSR count). The second-order valence-electron chi connectivity index (χ2n) is 5.59. The van der Waals surface area contributed by atoms with Gasteiger partial charge >= 0.3 is 0 Å². The van der Waals surface area contributed by atoms with Crippen LogP contribution >= 0.6 is 15.9 Å². The Kier molecular flexibility index (Phi) is 5.40. The van der Waals surface area contributed by atoms with Crippen LogP contribution in [0.2, 0.25) is 0 Å². The van der Waals surface area contributed by atoms with Crippen molar-refractivity contribution in [2.24, 2.45) is 0 Å². The number of nitrogens with zero attached hydrogens (tertiary/aromatic N) is 2. The zero-order valence-electron chi connectivity index (χ0n) is 12.7. The second-order valence-corrected chi connectivity index (χ2v) is 6.38. The molecule has 2 heterocycles. The van der Waals surface area contributed by atoms with Crippen LogP contribution in [0.1, 0.15) is 33.6 Å². The van der Waals surface area contributed by atoms with Crippen molar-refractivity contribution in [2.75, 3.05) is 18.5 Å². The molecular formula is C14H22BrN3O3. The zero-order valence-corrected chi connectivity index (χ0v) is 14.3. The van der Waals surface area contributed by atoms with Crippen molar-refractivity contribution in [2.45, 2.75) is 52.0 Å². The molecule has 0 aromatic carbocycles. The fourth-order valence-corrected chi connectivity index (χ4v) is 2.59. The molecule has 1 aliphatic rings. The third-order valence-electron chi connectivity index (χ3n) is 3.30. The Hall–Kier alpha value is -0.920. The van der Waals surface area contributed by atoms with Crippen LogP contribution in [0.15, 0.2) is 15.5 Å². The van der Waals surface area contributed by atoms with E-state index in [0.717, 1.165) is 12.8 Å². The smallest absolute Gasteiger partial charge is 0.283 e. The number of hydrogen-bond donors (Lipinski definition) is 1. The molecule has 6 nitrogen and oxygen atoms in total. The lowest BCUT2D eigenvalue weighted by molar-refractivity contribution is -0.136. The summed E-state index contributed by atoms with van der Waals surface area (Å²) in [6.45, 7) is 7.61. The van der Waals surface area contributed by atoms with E-state index in [4.69, 9.17) is 9.47 Å². The first-order valence-corrected chi connectivity index (χ1v) is 8.03. The van der Waals surface area contributed by atoms with Gasteiger partial charge in [0.05, 0.1) is 18.5 Å². The van der Waals surface area contributed by atoms with Crippen molar-refractivity contribution >= 4 is 21.6 Å². The van der Waals surface area contributed by atoms with Gasteiger partial charge in [0.15, 0.2) is 5.79 Å². The first kappa shape index (κ1) is 16.5. The van der Waals surface area contributed by atoms with Crippen molar-refractivity contribution in [3.05, 3.63) is 21.0 Å². The standard InChI is InChI=1S/C14H22BrN3O3/c1-4-5-6-18-13(19)12(15)11(8-17-18)16-7-10-9-20-14(2,3)21-10/h8,10,16H,4-7,9H2,1-3H3. The first-order valence-electron chi connectivity index (χ1n) is 7.24. The summed E-state index contributed by atoms with van der Waals surface area (Å²) < 4.78 is 13.2. The maximum absolute atomic E-state index is 12.2. The number of unbranched alkanes of at least 4 members (excludes halogenated alkanes) is 1. The van der Waals surface area contributed by atoms with Gasteiger partial charge in [0.2, 0.25) is 0 Å². The molecule has 0 amide bonds. The highest BCUT2D eigenvalue weighted by Crippen LogP contribution is 2.23. The second kappa shape index (κ2) is 6.89. The predicted octanol–water partition coefficient (Wildman–Crippen LogP) is 2.37. The fourth-order valence-electron chi connectivity index (χ4n) is 2.14. The number of rotatable bonds is 6. The van der Waals surface area contributed by atoms with E-state index in [0.29, 0.717) is 29.9 Å². The molecule has 1 aromatic heterocycles. The Morgan fingerprint density at radius 3 is 2.95 bits per heavy atom. The Morgan fingerprint density at radius 2 is 2.33 bits per heavy atom. The number of aromatic nitrogens is 2. The minimum absolute atomic E-state index is 0.0329. The third kappa shape index (κ3) is 4.28. The van der Waals surface area contributed by atoms with Crippen LogP contribution < -0.4 is 10.9 Å². The summed E-state index contributed by atoms with van der Waals surface area (Å²) >= 11 is 3.35. The summed E-state index contributed by atoms with van der Waals surface area (Å²) in [5.41, 5.74) is 0.568. The topological polar surface area (TPSA) is 65.4 Å². The molecule has 0 aliphatic carbocycles. The van der Waals surface area contributed by atoms with Crippen LogP contribution in [-0.2, 0) is 16.0 Å². The van der Waals surface area contributed by atoms with Crippen LogP contribution in [0.5, 0.6) is 0 Å². The van der Waals surface area contributed by atoms with E-state index < -0.39 is 5.79 Å². The molecule has 0 radical (unpaired) electrons. The highest BCUT2D eigenvalue weighted by atomic mass is 79.9. The van der Waals surface area contributed by atoms with Crippen molar-refractivity contribution in [3.63, 3.8) is 0 Å². The largest absolute Gasteiger partial charge is 0.380 e. The number of hydrogen-bond acceptors (Lipinski definition) is 5. The van der Waals surface area contributed by atoms with Gasteiger partial charge in [-0.25, -0.2) is 4.68 Å². The Balaban J connectivity index is 1.98. The van der Waals surface area contributed by atoms with Crippen molar-refractivity contribution < 1.29 is 9.47 Å². The highest BCUT2D eigenvalue weighted by Gasteiger charge is 2.32. The SMILES string of the molecule is CCCCn1ncc(NCC2COC(C)(C)O2)c(Br)c1=O. The quantitative estimate of drug-likeness (QED) is 0.844. The van der Waals surface area contributed by atoms with Gasteiger partial charge in [-0.2, -0.15) is 5.10 Å². The Bertz CT molecular complexity index is 545. The zero-order chi connectivity index (χ0) is 15.5. The molecule has 1 N–H and O–H groups in total. The summed E-state index contributed by atoms with van der Waals surface area (Å²) in [6.07, 6.45) is 3.60. The molecule has 1 aromatic rings. The molecular weight excluding hydrogens is 338 g/mol. The van der Waals surface area contributed by atoms with Gasteiger partial charge in [-0.15, -0.1) is 0 Å². The molecule has 118 valence electrons. The molecule has 1 aliphatic heterocycles. The molecule has 1 saturated heterocycles. The van der Waals surface area contributed by atoms with Crippen molar-refractivity contribution in [1.82, 2.24) is 9.78 Å². The number of aryl methyl sites for hydroxylation is 1. The molecule has 7 heteroatoms. The van der Waals surface area contributed by atoms with E-state index in [1.807, 2.05) is 13.8 Å². The minimum atomic E-state index is -0.536. The van der Waals surface area contributed by atoms with E-state index in [9.17, 15) is 4.79 Å². The van der Waals surface area contributed by atoms with E-state index >= 15 is 0 Å². The number of anilines is 1. The average molecular weight is 360 g/mol. The van der Waals surface area contributed by atoms with Crippen molar-refractivity contribution in [1.29, 1.82) is 0 Å². The van der Waals surface area contributed by atoms with Gasteiger partial charge in [-0.3, -0.25) is 4.79 Å². The summed E-state index contributed by atoms with van der Waals surface area (Å²) in [6, 6.07) is 0. The van der Waals surface area contributed by atoms with Crippen LogP contribution in [-0.4, -0.2) is 34.8 Å². The van der Waals surface area contributed by atoms with E-state index in [1.54, 1.807) is 6.20 Å². The Labute approximate surface area is 132 Å². The molecule has 0 spiro atoms. The van der Waals surface area contributed by atoms with E-state index in [-0.39, 0.29) is 11.7 Å². The number of nitrogens with one attached hydrogen (secondary N) is 1. The summed E-state index contributed by atoms with van der Waals surface area (Å²) in [5.74, 6) is -0.536. The third-order valence-corrected chi connectivity index (χ3v) is 4.06. The Morgan fingerprint density at radius 1 is 1.57 bits per heavy atom. The maximum atomic E-state index is 12.2. The fraction of sp³-hybridized carbons (Fsp3) is 0.714. The van der Waals surface area contributed by atoms with Gasteiger partial charge in [0.25, 0.3) is 5.56 Å². The molecule has 0 saturated carbocycles. The van der Waals surface area contributed by atoms with E-state index in [2.05, 4.69) is 33.3 Å². The molecule has 1 atom stereocenters. The van der Waals surface area contributed by atoms with Crippen LogP contribution in [0.25, 0.3) is 0 Å². The highest BCUT2D eigenvalue weighted by molar-refractivity contribution is 9.10. The van der Waals surface area contributed by atoms with Gasteiger partial charge in [-0.05, 0) is 36.2 Å². The molecule has 0 bridgehead atoms.